The predicted octanol–water partition coefficient (Wildman–Crippen LogP) is 3.38. The lowest BCUT2D eigenvalue weighted by Gasteiger charge is -2.30. The number of nitrogens with one attached hydrogen (secondary N) is 1. The number of aromatic hydroxyl groups is 1. The summed E-state index contributed by atoms with van der Waals surface area (Å²) in [6, 6.07) is 12.4. The number of phenols is 1. The number of esters is 1. The average molecular weight is 404 g/mol. The summed E-state index contributed by atoms with van der Waals surface area (Å²) in [5.41, 5.74) is 1.58. The Labute approximate surface area is 173 Å². The molecule has 0 radical (unpaired) electrons. The Morgan fingerprint density at radius 3 is 2.73 bits per heavy atom. The third kappa shape index (κ3) is 3.45. The van der Waals surface area contributed by atoms with Gasteiger partial charge in [0, 0.05) is 36.3 Å². The largest absolute Gasteiger partial charge is 0.508 e. The first-order valence-corrected chi connectivity index (χ1v) is 9.52. The van der Waals surface area contributed by atoms with Crippen LogP contribution in [0.2, 0.25) is 0 Å². The van der Waals surface area contributed by atoms with Crippen LogP contribution < -0.4 is 10.1 Å². The average Bonchev–Trinajstić information content (AvgIpc) is 2.72. The van der Waals surface area contributed by atoms with Crippen LogP contribution in [0.5, 0.6) is 11.5 Å². The maximum Gasteiger partial charge on any atom is 0.340 e. The minimum absolute atomic E-state index is 0.00491. The van der Waals surface area contributed by atoms with Gasteiger partial charge >= 0.3 is 5.97 Å². The maximum absolute atomic E-state index is 13.0. The lowest BCUT2D eigenvalue weighted by atomic mass is 9.81. The lowest BCUT2D eigenvalue weighted by Crippen LogP contribution is -2.33. The Hall–Kier alpha value is -3.87. The van der Waals surface area contributed by atoms with Gasteiger partial charge in [-0.1, -0.05) is 30.3 Å². The monoisotopic (exact) mass is 404 g/mol. The summed E-state index contributed by atoms with van der Waals surface area (Å²) >= 11 is 0. The molecule has 0 bridgehead atoms. The molecule has 0 saturated heterocycles. The number of fused-ring (bicyclic) bond motifs is 2. The number of carbonyl (C=O) groups is 2. The fourth-order valence-corrected chi connectivity index (χ4v) is 3.67. The molecule has 1 amide bonds. The van der Waals surface area contributed by atoms with E-state index in [0.29, 0.717) is 11.3 Å². The number of ether oxygens (including phenoxy) is 2. The topological polar surface area (TPSA) is 97.8 Å². The van der Waals surface area contributed by atoms with E-state index in [4.69, 9.17) is 9.47 Å². The molecule has 4 rings (SSSR count). The second-order valence-electron chi connectivity index (χ2n) is 6.85. The van der Waals surface area contributed by atoms with Crippen molar-refractivity contribution in [3.63, 3.8) is 0 Å². The van der Waals surface area contributed by atoms with Crippen LogP contribution in [-0.4, -0.2) is 28.6 Å². The zero-order valence-corrected chi connectivity index (χ0v) is 16.5. The number of rotatable bonds is 4. The first-order valence-electron chi connectivity index (χ1n) is 9.52. The number of hydrogen-bond acceptors (Lipinski definition) is 6. The van der Waals surface area contributed by atoms with Crippen LogP contribution in [0.1, 0.15) is 30.9 Å². The van der Waals surface area contributed by atoms with Crippen LogP contribution in [0.15, 0.2) is 66.3 Å². The van der Waals surface area contributed by atoms with Crippen LogP contribution in [0.3, 0.4) is 0 Å². The van der Waals surface area contributed by atoms with Gasteiger partial charge in [-0.05, 0) is 23.9 Å². The molecule has 7 nitrogen and oxygen atoms in total. The molecule has 1 aromatic heterocycles. The quantitative estimate of drug-likeness (QED) is 0.647. The fourth-order valence-electron chi connectivity index (χ4n) is 3.67. The molecule has 3 aromatic rings. The van der Waals surface area contributed by atoms with Crippen molar-refractivity contribution in [2.45, 2.75) is 19.8 Å². The van der Waals surface area contributed by atoms with Crippen molar-refractivity contribution in [3.05, 3.63) is 77.4 Å². The highest BCUT2D eigenvalue weighted by atomic mass is 16.5. The van der Waals surface area contributed by atoms with E-state index in [1.165, 1.54) is 19.1 Å². The van der Waals surface area contributed by atoms with Crippen LogP contribution in [0, 0.1) is 0 Å². The molecule has 152 valence electrons. The van der Waals surface area contributed by atoms with E-state index in [2.05, 4.69) is 10.3 Å². The van der Waals surface area contributed by atoms with Crippen molar-refractivity contribution < 1.29 is 24.2 Å². The number of pyridine rings is 1. The molecule has 7 heteroatoms. The van der Waals surface area contributed by atoms with Crippen LogP contribution in [-0.2, 0) is 14.3 Å². The molecule has 1 aliphatic heterocycles. The number of amides is 1. The maximum atomic E-state index is 13.0. The summed E-state index contributed by atoms with van der Waals surface area (Å²) in [5.74, 6) is -1.29. The van der Waals surface area contributed by atoms with Gasteiger partial charge in [-0.3, -0.25) is 15.1 Å². The zero-order valence-electron chi connectivity index (χ0n) is 16.5. The Bertz CT molecular complexity index is 1180. The molecule has 1 unspecified atom stereocenters. The van der Waals surface area contributed by atoms with E-state index in [1.54, 1.807) is 25.4 Å². The summed E-state index contributed by atoms with van der Waals surface area (Å²) in [6.07, 6.45) is 3.44. The van der Waals surface area contributed by atoms with Crippen molar-refractivity contribution in [1.29, 1.82) is 0 Å². The van der Waals surface area contributed by atoms with Gasteiger partial charge in [0.1, 0.15) is 17.1 Å². The van der Waals surface area contributed by atoms with Crippen molar-refractivity contribution in [2.75, 3.05) is 6.61 Å². The smallest absolute Gasteiger partial charge is 0.340 e. The van der Waals surface area contributed by atoms with Gasteiger partial charge in [0.15, 0.2) is 0 Å². The zero-order chi connectivity index (χ0) is 21.3. The first kappa shape index (κ1) is 19.4. The highest BCUT2D eigenvalue weighted by Crippen LogP contribution is 2.45. The Morgan fingerprint density at radius 2 is 1.97 bits per heavy atom. The summed E-state index contributed by atoms with van der Waals surface area (Å²) < 4.78 is 11.1. The molecular weight excluding hydrogens is 384 g/mol. The third-order valence-electron chi connectivity index (χ3n) is 4.85. The molecule has 0 saturated carbocycles. The number of nitrogens with zero attached hydrogens (tertiary/aromatic N) is 1. The van der Waals surface area contributed by atoms with Gasteiger partial charge in [-0.15, -0.1) is 0 Å². The fraction of sp³-hybridized carbons (Fsp3) is 0.174. The Balaban J connectivity index is 2.03. The molecule has 0 spiro atoms. The van der Waals surface area contributed by atoms with Gasteiger partial charge < -0.3 is 14.6 Å². The number of carbonyl (C=O) groups excluding carboxylic acids is 2. The second-order valence-corrected chi connectivity index (χ2v) is 6.85. The highest BCUT2D eigenvalue weighted by molar-refractivity contribution is 5.96. The van der Waals surface area contributed by atoms with Crippen molar-refractivity contribution in [2.24, 2.45) is 0 Å². The van der Waals surface area contributed by atoms with E-state index in [9.17, 15) is 14.7 Å². The molecule has 30 heavy (non-hydrogen) atoms. The van der Waals surface area contributed by atoms with E-state index < -0.39 is 17.8 Å². The molecule has 1 atom stereocenters. The highest BCUT2D eigenvalue weighted by Gasteiger charge is 2.38. The van der Waals surface area contributed by atoms with E-state index in [1.807, 2.05) is 24.3 Å². The van der Waals surface area contributed by atoms with Crippen molar-refractivity contribution in [3.8, 4) is 11.5 Å². The Morgan fingerprint density at radius 1 is 1.17 bits per heavy atom. The molecule has 0 fully saturated rings. The SMILES string of the molecule is CCOC(=O)C1=C(NC(C)=O)Oc2cc(O)ccc2C1c1cncc2ccccc12. The third-order valence-corrected chi connectivity index (χ3v) is 4.85. The summed E-state index contributed by atoms with van der Waals surface area (Å²) in [4.78, 5) is 29.2. The summed E-state index contributed by atoms with van der Waals surface area (Å²) in [7, 11) is 0. The van der Waals surface area contributed by atoms with Gasteiger partial charge in [0.05, 0.1) is 12.5 Å². The predicted molar refractivity (Wildman–Crippen MR) is 110 cm³/mol. The van der Waals surface area contributed by atoms with Gasteiger partial charge in [0.2, 0.25) is 11.8 Å². The molecule has 0 aliphatic carbocycles. The van der Waals surface area contributed by atoms with Gasteiger partial charge in [0.25, 0.3) is 0 Å². The first-order chi connectivity index (χ1) is 14.5. The van der Waals surface area contributed by atoms with E-state index >= 15 is 0 Å². The molecule has 1 aliphatic rings. The summed E-state index contributed by atoms with van der Waals surface area (Å²) in [5, 5.41) is 14.4. The number of aromatic nitrogens is 1. The minimum Gasteiger partial charge on any atom is -0.508 e. The molecule has 2 aromatic carbocycles. The van der Waals surface area contributed by atoms with Crippen molar-refractivity contribution in [1.82, 2.24) is 10.3 Å². The number of phenolic OH excluding ortho intramolecular Hbond substituents is 1. The molecule has 2 N–H and O–H groups in total. The Kier molecular flexibility index (Phi) is 5.10. The van der Waals surface area contributed by atoms with Crippen molar-refractivity contribution >= 4 is 22.6 Å². The van der Waals surface area contributed by atoms with Crippen LogP contribution in [0.25, 0.3) is 10.8 Å². The second kappa shape index (κ2) is 7.87. The van der Waals surface area contributed by atoms with E-state index in [-0.39, 0.29) is 23.8 Å². The molecular formula is C23H20N2O5. The van der Waals surface area contributed by atoms with Gasteiger partial charge in [-0.25, -0.2) is 4.79 Å². The number of benzene rings is 2. The summed E-state index contributed by atoms with van der Waals surface area (Å²) in [6.45, 7) is 3.20. The standard InChI is InChI=1S/C23H20N2O5/c1-3-29-23(28)21-20(18-12-24-11-14-6-4-5-7-16(14)18)17-9-8-15(27)10-19(17)30-22(21)25-13(2)26/h4-12,20,27H,3H2,1-2H3,(H,25,26). The number of hydrogen-bond donors (Lipinski definition) is 2. The molecule has 2 heterocycles. The minimum atomic E-state index is -0.617. The lowest BCUT2D eigenvalue weighted by molar-refractivity contribution is -0.139. The normalized spacial score (nSPS) is 15.3. The van der Waals surface area contributed by atoms with E-state index in [0.717, 1.165) is 16.3 Å². The van der Waals surface area contributed by atoms with Crippen LogP contribution in [0.4, 0.5) is 0 Å². The van der Waals surface area contributed by atoms with Gasteiger partial charge in [-0.2, -0.15) is 0 Å². The van der Waals surface area contributed by atoms with Crippen LogP contribution >= 0.6 is 0 Å².